The Morgan fingerprint density at radius 1 is 0.949 bits per heavy atom. The maximum atomic E-state index is 12.6. The molecule has 1 saturated heterocycles. The van der Waals surface area contributed by atoms with Crippen LogP contribution in [0.2, 0.25) is 5.02 Å². The van der Waals surface area contributed by atoms with Gasteiger partial charge in [0.25, 0.3) is 0 Å². The van der Waals surface area contributed by atoms with E-state index in [0.717, 1.165) is 31.7 Å². The van der Waals surface area contributed by atoms with Crippen molar-refractivity contribution in [3.05, 3.63) is 77.8 Å². The number of pyridine rings is 1. The first kappa shape index (κ1) is 26.0. The van der Waals surface area contributed by atoms with Gasteiger partial charge >= 0.3 is 23.8 Å². The molecule has 1 aliphatic heterocycles. The molecule has 1 aliphatic rings. The van der Waals surface area contributed by atoms with Crippen LogP contribution in [0.3, 0.4) is 0 Å². The van der Waals surface area contributed by atoms with Crippen LogP contribution in [0, 0.1) is 0 Å². The lowest BCUT2D eigenvalue weighted by molar-refractivity contribution is -0.147. The normalized spacial score (nSPS) is 13.5. The molecule has 0 atom stereocenters. The number of carbonyl (C=O) groups is 2. The molecule has 0 unspecified atom stereocenters. The van der Waals surface area contributed by atoms with Crippen molar-refractivity contribution in [1.82, 2.24) is 15.2 Å². The first-order valence-corrected chi connectivity index (χ1v) is 12.6. The van der Waals surface area contributed by atoms with Crippen LogP contribution < -0.4 is 20.3 Å². The number of esters is 1. The van der Waals surface area contributed by atoms with E-state index in [-0.39, 0.29) is 24.0 Å². The zero-order valence-corrected chi connectivity index (χ0v) is 21.7. The van der Waals surface area contributed by atoms with Crippen LogP contribution in [0.15, 0.2) is 71.3 Å². The van der Waals surface area contributed by atoms with Gasteiger partial charge in [-0.3, -0.25) is 9.59 Å². The molecule has 2 aromatic carbocycles. The summed E-state index contributed by atoms with van der Waals surface area (Å²) in [6.07, 6.45) is 3.00. The SMILES string of the molecule is CC(=O)OC1CCN(c2ccc(NC(=O)c3nnc(Nc4ccc(Oc5ccc(Cl)cc5)cc4)o3)cn2)CC1. The standard InChI is InChI=1S/C27H25ClN6O5/c1-17(35)37-23-12-14-34(15-13-23)24-11-6-20(16-29-24)30-25(36)26-32-33-27(39-26)31-19-4-9-22(10-5-19)38-21-7-2-18(28)3-8-21/h2-11,16,23H,12-15H2,1H3,(H,30,36)(H,31,33). The molecule has 200 valence electrons. The fourth-order valence-corrected chi connectivity index (χ4v) is 4.13. The van der Waals surface area contributed by atoms with Crippen molar-refractivity contribution >= 4 is 46.7 Å². The first-order chi connectivity index (χ1) is 18.9. The van der Waals surface area contributed by atoms with Gasteiger partial charge in [-0.05, 0) is 60.7 Å². The largest absolute Gasteiger partial charge is 0.462 e. The number of hydrogen-bond acceptors (Lipinski definition) is 10. The van der Waals surface area contributed by atoms with Gasteiger partial charge < -0.3 is 29.4 Å². The van der Waals surface area contributed by atoms with Crippen LogP contribution in [-0.2, 0) is 9.53 Å². The highest BCUT2D eigenvalue weighted by Gasteiger charge is 2.22. The predicted octanol–water partition coefficient (Wildman–Crippen LogP) is 5.44. The van der Waals surface area contributed by atoms with Crippen molar-refractivity contribution in [3.8, 4) is 11.5 Å². The van der Waals surface area contributed by atoms with Gasteiger partial charge in [0, 0.05) is 43.6 Å². The summed E-state index contributed by atoms with van der Waals surface area (Å²) < 4.78 is 16.5. The van der Waals surface area contributed by atoms with E-state index < -0.39 is 5.91 Å². The zero-order chi connectivity index (χ0) is 27.2. The number of ether oxygens (including phenoxy) is 2. The Labute approximate surface area is 229 Å². The number of piperidine rings is 1. The van der Waals surface area contributed by atoms with Gasteiger partial charge in [0.15, 0.2) is 0 Å². The number of aromatic nitrogens is 3. The van der Waals surface area contributed by atoms with Crippen LogP contribution >= 0.6 is 11.6 Å². The lowest BCUT2D eigenvalue weighted by atomic mass is 10.1. The van der Waals surface area contributed by atoms with Crippen LogP contribution in [0.4, 0.5) is 23.2 Å². The Balaban J connectivity index is 1.12. The summed E-state index contributed by atoms with van der Waals surface area (Å²) in [6.45, 7) is 2.88. The molecule has 1 amide bonds. The van der Waals surface area contributed by atoms with Crippen LogP contribution in [0.1, 0.15) is 30.5 Å². The second kappa shape index (κ2) is 11.8. The van der Waals surface area contributed by atoms with Gasteiger partial charge in [0.2, 0.25) is 0 Å². The monoisotopic (exact) mass is 548 g/mol. The second-order valence-corrected chi connectivity index (χ2v) is 9.21. The van der Waals surface area contributed by atoms with Crippen LogP contribution in [0.25, 0.3) is 0 Å². The summed E-state index contributed by atoms with van der Waals surface area (Å²) in [7, 11) is 0. The molecule has 11 nitrogen and oxygen atoms in total. The average Bonchev–Trinajstić information content (AvgIpc) is 3.40. The zero-order valence-electron chi connectivity index (χ0n) is 21.0. The smallest absolute Gasteiger partial charge is 0.320 e. The molecule has 0 radical (unpaired) electrons. The van der Waals surface area contributed by atoms with Gasteiger partial charge in [-0.2, -0.15) is 0 Å². The molecule has 0 saturated carbocycles. The number of anilines is 4. The molecule has 0 spiro atoms. The molecule has 2 N–H and O–H groups in total. The summed E-state index contributed by atoms with van der Waals surface area (Å²) >= 11 is 5.90. The van der Waals surface area contributed by atoms with E-state index >= 15 is 0 Å². The number of hydrogen-bond donors (Lipinski definition) is 2. The molecule has 3 heterocycles. The molecule has 5 rings (SSSR count). The molecular weight excluding hydrogens is 524 g/mol. The van der Waals surface area contributed by atoms with Crippen molar-refractivity contribution in [2.24, 2.45) is 0 Å². The number of halogens is 1. The molecule has 0 bridgehead atoms. The van der Waals surface area contributed by atoms with Crippen molar-refractivity contribution in [3.63, 3.8) is 0 Å². The third kappa shape index (κ3) is 7.02. The van der Waals surface area contributed by atoms with E-state index in [0.29, 0.717) is 27.9 Å². The molecule has 39 heavy (non-hydrogen) atoms. The Hall–Kier alpha value is -4.64. The average molecular weight is 549 g/mol. The second-order valence-electron chi connectivity index (χ2n) is 8.77. The minimum Gasteiger partial charge on any atom is -0.462 e. The Bertz CT molecular complexity index is 1420. The number of nitrogens with zero attached hydrogens (tertiary/aromatic N) is 4. The van der Waals surface area contributed by atoms with Crippen molar-refractivity contribution in [2.75, 3.05) is 28.6 Å². The van der Waals surface area contributed by atoms with E-state index in [2.05, 4.69) is 30.7 Å². The Kier molecular flexibility index (Phi) is 7.88. The molecule has 4 aromatic rings. The molecule has 0 aliphatic carbocycles. The van der Waals surface area contributed by atoms with Gasteiger partial charge in [-0.1, -0.05) is 16.7 Å². The van der Waals surface area contributed by atoms with Crippen LogP contribution in [-0.4, -0.2) is 46.3 Å². The van der Waals surface area contributed by atoms with Crippen molar-refractivity contribution in [2.45, 2.75) is 25.9 Å². The highest BCUT2D eigenvalue weighted by atomic mass is 35.5. The summed E-state index contributed by atoms with van der Waals surface area (Å²) in [5.74, 6) is 1.07. The van der Waals surface area contributed by atoms with E-state index in [1.54, 1.807) is 60.8 Å². The van der Waals surface area contributed by atoms with E-state index in [4.69, 9.17) is 25.5 Å². The highest BCUT2D eigenvalue weighted by Crippen LogP contribution is 2.26. The minimum absolute atomic E-state index is 0.0559. The van der Waals surface area contributed by atoms with E-state index in [9.17, 15) is 9.59 Å². The number of rotatable bonds is 8. The number of amides is 1. The quantitative estimate of drug-likeness (QED) is 0.274. The van der Waals surface area contributed by atoms with E-state index in [1.165, 1.54) is 6.92 Å². The summed E-state index contributed by atoms with van der Waals surface area (Å²) in [6, 6.07) is 17.8. The number of benzene rings is 2. The number of nitrogens with one attached hydrogen (secondary N) is 2. The minimum atomic E-state index is -0.556. The molecular formula is C27H25ClN6O5. The maximum absolute atomic E-state index is 12.6. The summed E-state index contributed by atoms with van der Waals surface area (Å²) in [5.41, 5.74) is 1.16. The molecule has 12 heteroatoms. The summed E-state index contributed by atoms with van der Waals surface area (Å²) in [4.78, 5) is 30.3. The van der Waals surface area contributed by atoms with Crippen molar-refractivity contribution < 1.29 is 23.5 Å². The van der Waals surface area contributed by atoms with Gasteiger partial charge in [-0.25, -0.2) is 4.98 Å². The Morgan fingerprint density at radius 2 is 1.62 bits per heavy atom. The predicted molar refractivity (Wildman–Crippen MR) is 145 cm³/mol. The molecule has 1 fully saturated rings. The van der Waals surface area contributed by atoms with E-state index in [1.807, 2.05) is 6.07 Å². The maximum Gasteiger partial charge on any atom is 0.320 e. The first-order valence-electron chi connectivity index (χ1n) is 12.2. The third-order valence-corrected chi connectivity index (χ3v) is 6.13. The third-order valence-electron chi connectivity index (χ3n) is 5.88. The highest BCUT2D eigenvalue weighted by molar-refractivity contribution is 6.30. The Morgan fingerprint density at radius 3 is 2.26 bits per heavy atom. The fourth-order valence-electron chi connectivity index (χ4n) is 4.00. The van der Waals surface area contributed by atoms with Gasteiger partial charge in [0.1, 0.15) is 23.4 Å². The topological polar surface area (TPSA) is 132 Å². The lowest BCUT2D eigenvalue weighted by Gasteiger charge is -2.32. The van der Waals surface area contributed by atoms with Crippen molar-refractivity contribution in [1.29, 1.82) is 0 Å². The molecule has 2 aromatic heterocycles. The lowest BCUT2D eigenvalue weighted by Crippen LogP contribution is -2.38. The van der Waals surface area contributed by atoms with Gasteiger partial charge in [0.05, 0.1) is 11.9 Å². The number of carbonyl (C=O) groups excluding carboxylic acids is 2. The van der Waals surface area contributed by atoms with Crippen LogP contribution in [0.5, 0.6) is 11.5 Å². The summed E-state index contributed by atoms with van der Waals surface area (Å²) in [5, 5.41) is 14.0. The fraction of sp³-hybridized carbons (Fsp3) is 0.222. The van der Waals surface area contributed by atoms with Gasteiger partial charge in [-0.15, -0.1) is 5.10 Å².